The van der Waals surface area contributed by atoms with Gasteiger partial charge in [-0.1, -0.05) is 12.5 Å². The highest BCUT2D eigenvalue weighted by Crippen LogP contribution is 2.39. The van der Waals surface area contributed by atoms with Crippen molar-refractivity contribution >= 4 is 11.8 Å². The summed E-state index contributed by atoms with van der Waals surface area (Å²) in [5.74, 6) is -0.799. The number of aliphatic carboxylic acids is 1. The number of aromatic nitrogens is 1. The molecule has 218 valence electrons. The number of unbranched alkanes of at least 4 members (excludes halogenated alkanes) is 2. The summed E-state index contributed by atoms with van der Waals surface area (Å²) in [5.41, 5.74) is 1.67. The van der Waals surface area contributed by atoms with Crippen molar-refractivity contribution in [1.82, 2.24) is 14.8 Å². The lowest BCUT2D eigenvalue weighted by atomic mass is 9.88. The van der Waals surface area contributed by atoms with E-state index in [2.05, 4.69) is 29.4 Å². The van der Waals surface area contributed by atoms with Crippen molar-refractivity contribution in [3.05, 3.63) is 52.5 Å². The van der Waals surface area contributed by atoms with Crippen molar-refractivity contribution in [3.63, 3.8) is 0 Å². The predicted molar refractivity (Wildman–Crippen MR) is 149 cm³/mol. The number of hydrogen-bond acceptors (Lipinski definition) is 8. The molecule has 3 N–H and O–H groups in total. The molecule has 40 heavy (non-hydrogen) atoms. The Labute approximate surface area is 235 Å². The molecule has 0 bridgehead atoms. The fourth-order valence-corrected chi connectivity index (χ4v) is 6.15. The van der Waals surface area contributed by atoms with Crippen LogP contribution in [0.15, 0.2) is 24.3 Å². The number of nitrogens with one attached hydrogen (secondary N) is 1. The van der Waals surface area contributed by atoms with E-state index in [-0.39, 0.29) is 30.6 Å². The van der Waals surface area contributed by atoms with E-state index in [0.717, 1.165) is 69.5 Å². The lowest BCUT2D eigenvalue weighted by molar-refractivity contribution is -0.184. The molecule has 0 unspecified atom stereocenters. The van der Waals surface area contributed by atoms with Crippen LogP contribution in [0.3, 0.4) is 0 Å². The number of fused-ring (bicyclic) bond motifs is 1. The van der Waals surface area contributed by atoms with Crippen LogP contribution < -0.4 is 10.1 Å². The molecule has 0 radical (unpaired) electrons. The van der Waals surface area contributed by atoms with Gasteiger partial charge in [-0.15, -0.1) is 0 Å². The minimum Gasteiger partial charge on any atom is -0.493 e. The van der Waals surface area contributed by atoms with E-state index in [1.165, 1.54) is 18.7 Å². The van der Waals surface area contributed by atoms with Crippen molar-refractivity contribution < 1.29 is 28.9 Å². The van der Waals surface area contributed by atoms with E-state index in [0.29, 0.717) is 18.7 Å². The van der Waals surface area contributed by atoms with Gasteiger partial charge >= 0.3 is 5.97 Å². The monoisotopic (exact) mass is 556 g/mol. The van der Waals surface area contributed by atoms with Gasteiger partial charge < -0.3 is 29.9 Å². The maximum Gasteiger partial charge on any atom is 0.325 e. The SMILES string of the molecule is COc1c(F)cc(C2(O)COC2)cc1[C@H](C(=O)O)N1CC[C@@H](N(C)CCCCCc2ccc3c(n2)NCCC3)C1. The Bertz CT molecular complexity index is 1210. The Morgan fingerprint density at radius 2 is 2.15 bits per heavy atom. The number of methoxy groups -OCH3 is 1. The van der Waals surface area contributed by atoms with E-state index in [9.17, 15) is 19.4 Å². The van der Waals surface area contributed by atoms with Crippen LogP contribution in [-0.4, -0.2) is 90.6 Å². The van der Waals surface area contributed by atoms with Gasteiger partial charge in [-0.25, -0.2) is 9.37 Å². The molecule has 2 atom stereocenters. The highest BCUT2D eigenvalue weighted by Gasteiger charge is 2.42. The Hall–Kier alpha value is -2.79. The average molecular weight is 557 g/mol. The molecule has 2 fully saturated rings. The highest BCUT2D eigenvalue weighted by molar-refractivity contribution is 5.77. The Morgan fingerprint density at radius 1 is 1.32 bits per heavy atom. The molecule has 1 aromatic heterocycles. The molecule has 9 nitrogen and oxygen atoms in total. The lowest BCUT2D eigenvalue weighted by Crippen LogP contribution is -2.46. The van der Waals surface area contributed by atoms with Crippen LogP contribution in [0.1, 0.15) is 60.5 Å². The lowest BCUT2D eigenvalue weighted by Gasteiger charge is -2.37. The number of carboxylic acids is 1. The summed E-state index contributed by atoms with van der Waals surface area (Å²) in [6.45, 7) is 3.16. The Balaban J connectivity index is 1.15. The Kier molecular flexibility index (Phi) is 8.89. The quantitative estimate of drug-likeness (QED) is 0.339. The second-order valence-electron chi connectivity index (χ2n) is 11.4. The number of pyridine rings is 1. The van der Waals surface area contributed by atoms with Gasteiger partial charge in [0, 0.05) is 36.9 Å². The van der Waals surface area contributed by atoms with Gasteiger partial charge in [-0.2, -0.15) is 0 Å². The molecule has 0 amide bonds. The summed E-state index contributed by atoms with van der Waals surface area (Å²) >= 11 is 0. The van der Waals surface area contributed by atoms with Crippen LogP contribution in [0.4, 0.5) is 10.2 Å². The van der Waals surface area contributed by atoms with Crippen molar-refractivity contribution in [3.8, 4) is 5.75 Å². The van der Waals surface area contributed by atoms with Crippen LogP contribution in [0.25, 0.3) is 0 Å². The van der Waals surface area contributed by atoms with Crippen LogP contribution >= 0.6 is 0 Å². The molecule has 0 aliphatic carbocycles. The number of likely N-dealkylation sites (N-methyl/N-ethyl adjacent to an activating group) is 1. The van der Waals surface area contributed by atoms with Crippen molar-refractivity contribution in [2.75, 3.05) is 58.9 Å². The number of nitrogens with zero attached hydrogens (tertiary/aromatic N) is 3. The molecular weight excluding hydrogens is 515 g/mol. The van der Waals surface area contributed by atoms with Gasteiger partial charge in [0.2, 0.25) is 0 Å². The van der Waals surface area contributed by atoms with Gasteiger partial charge in [0.25, 0.3) is 0 Å². The van der Waals surface area contributed by atoms with Crippen LogP contribution in [0.2, 0.25) is 0 Å². The zero-order valence-corrected chi connectivity index (χ0v) is 23.5. The van der Waals surface area contributed by atoms with Crippen molar-refractivity contribution in [2.24, 2.45) is 0 Å². The molecule has 0 saturated carbocycles. The number of carboxylic acid groups (broad SMARTS) is 1. The molecule has 4 heterocycles. The number of carbonyl (C=O) groups is 1. The second kappa shape index (κ2) is 12.4. The maximum atomic E-state index is 15.0. The van der Waals surface area contributed by atoms with E-state index >= 15 is 0 Å². The van der Waals surface area contributed by atoms with Gasteiger partial charge in [0.05, 0.1) is 20.3 Å². The minimum absolute atomic E-state index is 0.0492. The summed E-state index contributed by atoms with van der Waals surface area (Å²) < 4.78 is 25.4. The van der Waals surface area contributed by atoms with Crippen molar-refractivity contribution in [2.45, 2.75) is 62.6 Å². The summed E-state index contributed by atoms with van der Waals surface area (Å²) in [6.07, 6.45) is 7.29. The predicted octanol–water partition coefficient (Wildman–Crippen LogP) is 3.35. The number of benzene rings is 1. The third kappa shape index (κ3) is 6.10. The molecule has 10 heteroatoms. The number of rotatable bonds is 12. The fraction of sp³-hybridized carbons (Fsp3) is 0.600. The molecule has 0 spiro atoms. The van der Waals surface area contributed by atoms with Crippen LogP contribution in [0, 0.1) is 5.82 Å². The topological polar surface area (TPSA) is 107 Å². The number of aryl methyl sites for hydroxylation is 2. The first-order valence-electron chi connectivity index (χ1n) is 14.4. The third-order valence-electron chi connectivity index (χ3n) is 8.60. The normalized spacial score (nSPS) is 21.0. The first kappa shape index (κ1) is 28.7. The zero-order valence-electron chi connectivity index (χ0n) is 23.5. The number of aliphatic hydroxyl groups is 1. The molecule has 5 rings (SSSR count). The zero-order chi connectivity index (χ0) is 28.3. The summed E-state index contributed by atoms with van der Waals surface area (Å²) in [5, 5.41) is 24.3. The molecule has 3 aliphatic heterocycles. The first-order valence-corrected chi connectivity index (χ1v) is 14.4. The van der Waals surface area contributed by atoms with Crippen molar-refractivity contribution in [1.29, 1.82) is 0 Å². The van der Waals surface area contributed by atoms with E-state index in [1.807, 2.05) is 4.90 Å². The van der Waals surface area contributed by atoms with Crippen LogP contribution in [0.5, 0.6) is 5.75 Å². The Morgan fingerprint density at radius 3 is 2.88 bits per heavy atom. The summed E-state index contributed by atoms with van der Waals surface area (Å²) in [6, 6.07) is 6.26. The molecule has 2 aromatic rings. The van der Waals surface area contributed by atoms with E-state index in [4.69, 9.17) is 14.5 Å². The summed E-state index contributed by atoms with van der Waals surface area (Å²) in [7, 11) is 3.43. The number of anilines is 1. The smallest absolute Gasteiger partial charge is 0.325 e. The van der Waals surface area contributed by atoms with Gasteiger partial charge in [0.1, 0.15) is 17.5 Å². The van der Waals surface area contributed by atoms with Crippen LogP contribution in [-0.2, 0) is 28.0 Å². The largest absolute Gasteiger partial charge is 0.493 e. The third-order valence-corrected chi connectivity index (χ3v) is 8.60. The van der Waals surface area contributed by atoms with Gasteiger partial charge in [-0.05, 0) is 81.4 Å². The van der Waals surface area contributed by atoms with E-state index in [1.54, 1.807) is 6.07 Å². The number of hydrogen-bond donors (Lipinski definition) is 3. The molecule has 3 aliphatic rings. The highest BCUT2D eigenvalue weighted by atomic mass is 19.1. The minimum atomic E-state index is -1.31. The molecule has 2 saturated heterocycles. The number of likely N-dealkylation sites (tertiary alicyclic amines) is 1. The molecular formula is C30H41FN4O5. The van der Waals surface area contributed by atoms with Gasteiger partial charge in [0.15, 0.2) is 11.6 Å². The molecule has 1 aromatic carbocycles. The maximum absolute atomic E-state index is 15.0. The standard InChI is InChI=1S/C30H41FN4O5/c1-34(13-5-3-4-8-22-10-9-20-7-6-12-32-28(20)33-22)23-11-14-35(17-23)26(29(36)37)24-15-21(30(38)18-40-19-30)16-25(31)27(24)39-2/h9-10,15-16,23,26,38H,3-8,11-14,17-19H2,1-2H3,(H,32,33)(H,36,37)/t23-,26-/m1/s1. The van der Waals surface area contributed by atoms with Gasteiger partial charge in [-0.3, -0.25) is 9.69 Å². The summed E-state index contributed by atoms with van der Waals surface area (Å²) in [4.78, 5) is 21.5. The second-order valence-corrected chi connectivity index (χ2v) is 11.4. The van der Waals surface area contributed by atoms with E-state index < -0.39 is 23.4 Å². The average Bonchev–Trinajstić information content (AvgIpc) is 3.41. The number of ether oxygens (including phenoxy) is 2. The number of halogens is 1. The first-order chi connectivity index (χ1) is 19.3. The fourth-order valence-electron chi connectivity index (χ4n) is 6.15.